The van der Waals surface area contributed by atoms with Crippen molar-refractivity contribution >= 4 is 56.0 Å². The number of esters is 1. The fourth-order valence-corrected chi connectivity index (χ4v) is 4.23. The lowest BCUT2D eigenvalue weighted by atomic mass is 10.4. The Hall–Kier alpha value is -1.38. The highest BCUT2D eigenvalue weighted by molar-refractivity contribution is 9.10. The van der Waals surface area contributed by atoms with Gasteiger partial charge < -0.3 is 10.1 Å². The Morgan fingerprint density at radius 2 is 2.12 bits per heavy atom. The quantitative estimate of drug-likeness (QED) is 0.518. The van der Waals surface area contributed by atoms with Gasteiger partial charge in [-0.15, -0.1) is 11.8 Å². The molecular weight excluding hydrogens is 412 g/mol. The molecule has 0 aliphatic carbocycles. The van der Waals surface area contributed by atoms with Crippen LogP contribution in [0.5, 0.6) is 0 Å². The standard InChI is InChI=1S/C16H17BrN2O3S2/c1-3-22-15(21)14-10(2)18-16(24-14)19-13(20)8-9-23-12-7-5-4-6-11(12)17/h4-7H,3,8-9H2,1-2H3,(H,18,19,20). The number of nitrogens with one attached hydrogen (secondary N) is 1. The summed E-state index contributed by atoms with van der Waals surface area (Å²) in [5, 5.41) is 3.16. The van der Waals surface area contributed by atoms with Crippen molar-refractivity contribution in [3.05, 3.63) is 39.3 Å². The molecule has 1 aromatic heterocycles. The van der Waals surface area contributed by atoms with E-state index in [4.69, 9.17) is 4.74 Å². The number of hydrogen-bond donors (Lipinski definition) is 1. The summed E-state index contributed by atoms with van der Waals surface area (Å²) in [6, 6.07) is 7.88. The molecule has 0 saturated heterocycles. The number of halogens is 1. The third-order valence-corrected chi connectivity index (χ3v) is 6.01. The summed E-state index contributed by atoms with van der Waals surface area (Å²) in [4.78, 5) is 29.5. The zero-order valence-corrected chi connectivity index (χ0v) is 16.5. The zero-order valence-electron chi connectivity index (χ0n) is 13.3. The van der Waals surface area contributed by atoms with E-state index in [1.807, 2.05) is 24.3 Å². The monoisotopic (exact) mass is 428 g/mol. The van der Waals surface area contributed by atoms with Crippen LogP contribution in [0, 0.1) is 6.92 Å². The van der Waals surface area contributed by atoms with Gasteiger partial charge in [0.15, 0.2) is 5.13 Å². The van der Waals surface area contributed by atoms with Crippen LogP contribution < -0.4 is 5.32 Å². The van der Waals surface area contributed by atoms with Crippen LogP contribution in [0.15, 0.2) is 33.6 Å². The van der Waals surface area contributed by atoms with Crippen molar-refractivity contribution in [2.75, 3.05) is 17.7 Å². The number of anilines is 1. The third-order valence-electron chi connectivity index (χ3n) is 2.93. The topological polar surface area (TPSA) is 68.3 Å². The first-order valence-electron chi connectivity index (χ1n) is 7.33. The second kappa shape index (κ2) is 9.19. The number of thiazole rings is 1. The second-order valence-electron chi connectivity index (χ2n) is 4.73. The first-order chi connectivity index (χ1) is 11.5. The minimum absolute atomic E-state index is 0.126. The maximum Gasteiger partial charge on any atom is 0.350 e. The summed E-state index contributed by atoms with van der Waals surface area (Å²) >= 11 is 6.22. The number of hydrogen-bond acceptors (Lipinski definition) is 6. The molecule has 0 saturated carbocycles. The van der Waals surface area contributed by atoms with Crippen molar-refractivity contribution in [3.8, 4) is 0 Å². The summed E-state index contributed by atoms with van der Waals surface area (Å²) in [7, 11) is 0. The lowest BCUT2D eigenvalue weighted by Gasteiger charge is -2.04. The summed E-state index contributed by atoms with van der Waals surface area (Å²) in [5.41, 5.74) is 0.566. The molecule has 0 unspecified atom stereocenters. The lowest BCUT2D eigenvalue weighted by Crippen LogP contribution is -2.11. The molecule has 0 bridgehead atoms. The third kappa shape index (κ3) is 5.32. The average molecular weight is 429 g/mol. The number of rotatable bonds is 7. The number of ether oxygens (including phenoxy) is 1. The van der Waals surface area contributed by atoms with Gasteiger partial charge in [-0.1, -0.05) is 23.5 Å². The van der Waals surface area contributed by atoms with E-state index in [0.29, 0.717) is 34.5 Å². The van der Waals surface area contributed by atoms with Crippen molar-refractivity contribution in [1.29, 1.82) is 0 Å². The molecule has 1 amide bonds. The van der Waals surface area contributed by atoms with Crippen LogP contribution in [0.3, 0.4) is 0 Å². The molecule has 5 nitrogen and oxygen atoms in total. The van der Waals surface area contributed by atoms with E-state index in [-0.39, 0.29) is 5.91 Å². The normalized spacial score (nSPS) is 10.5. The molecule has 0 aliphatic rings. The van der Waals surface area contributed by atoms with Gasteiger partial charge in [0.2, 0.25) is 5.91 Å². The number of aryl methyl sites for hydroxylation is 1. The van der Waals surface area contributed by atoms with Crippen LogP contribution in [-0.4, -0.2) is 29.2 Å². The van der Waals surface area contributed by atoms with Gasteiger partial charge in [0.25, 0.3) is 0 Å². The van der Waals surface area contributed by atoms with Crippen LogP contribution >= 0.6 is 39.0 Å². The Labute approximate surface area is 157 Å². The predicted octanol–water partition coefficient (Wildman–Crippen LogP) is 4.51. The van der Waals surface area contributed by atoms with Gasteiger partial charge in [0.1, 0.15) is 4.88 Å². The molecule has 128 valence electrons. The van der Waals surface area contributed by atoms with Crippen LogP contribution in [0.2, 0.25) is 0 Å². The molecule has 0 aliphatic heterocycles. The van der Waals surface area contributed by atoms with Gasteiger partial charge in [0.05, 0.1) is 12.3 Å². The molecule has 1 N–H and O–H groups in total. The van der Waals surface area contributed by atoms with Gasteiger partial charge in [0, 0.05) is 21.5 Å². The predicted molar refractivity (Wildman–Crippen MR) is 101 cm³/mol. The maximum absolute atomic E-state index is 12.0. The second-order valence-corrected chi connectivity index (χ2v) is 7.72. The van der Waals surface area contributed by atoms with Gasteiger partial charge in [-0.3, -0.25) is 4.79 Å². The van der Waals surface area contributed by atoms with Crippen molar-refractivity contribution in [1.82, 2.24) is 4.98 Å². The molecule has 2 rings (SSSR count). The van der Waals surface area contributed by atoms with Gasteiger partial charge in [-0.05, 0) is 41.9 Å². The highest BCUT2D eigenvalue weighted by Gasteiger charge is 2.17. The first kappa shape index (κ1) is 19.0. The number of nitrogens with zero attached hydrogens (tertiary/aromatic N) is 1. The van der Waals surface area contributed by atoms with Gasteiger partial charge in [-0.2, -0.15) is 0 Å². The minimum Gasteiger partial charge on any atom is -0.462 e. The number of carbonyl (C=O) groups excluding carboxylic acids is 2. The lowest BCUT2D eigenvalue weighted by molar-refractivity contribution is -0.115. The number of thioether (sulfide) groups is 1. The fourth-order valence-electron chi connectivity index (χ4n) is 1.83. The molecule has 0 radical (unpaired) electrons. The van der Waals surface area contributed by atoms with Crippen LogP contribution in [0.25, 0.3) is 0 Å². The smallest absolute Gasteiger partial charge is 0.350 e. The highest BCUT2D eigenvalue weighted by atomic mass is 79.9. The summed E-state index contributed by atoms with van der Waals surface area (Å²) in [6.07, 6.45) is 0.360. The Morgan fingerprint density at radius 3 is 2.83 bits per heavy atom. The van der Waals surface area contributed by atoms with E-state index >= 15 is 0 Å². The van der Waals surface area contributed by atoms with E-state index in [9.17, 15) is 9.59 Å². The number of amides is 1. The van der Waals surface area contributed by atoms with E-state index < -0.39 is 5.97 Å². The minimum atomic E-state index is -0.405. The molecule has 0 atom stereocenters. The molecule has 1 heterocycles. The Kier molecular flexibility index (Phi) is 7.26. The number of aromatic nitrogens is 1. The number of carbonyl (C=O) groups is 2. The van der Waals surface area contributed by atoms with Crippen molar-refractivity contribution in [3.63, 3.8) is 0 Å². The van der Waals surface area contributed by atoms with E-state index in [1.54, 1.807) is 25.6 Å². The van der Waals surface area contributed by atoms with Gasteiger partial charge >= 0.3 is 5.97 Å². The summed E-state index contributed by atoms with van der Waals surface area (Å²) < 4.78 is 5.98. The molecule has 0 fully saturated rings. The molecule has 24 heavy (non-hydrogen) atoms. The molecule has 1 aromatic carbocycles. The van der Waals surface area contributed by atoms with Crippen LogP contribution in [-0.2, 0) is 9.53 Å². The van der Waals surface area contributed by atoms with Gasteiger partial charge in [-0.25, -0.2) is 9.78 Å². The van der Waals surface area contributed by atoms with Crippen molar-refractivity contribution < 1.29 is 14.3 Å². The molecule has 8 heteroatoms. The van der Waals surface area contributed by atoms with Crippen molar-refractivity contribution in [2.24, 2.45) is 0 Å². The van der Waals surface area contributed by atoms with E-state index in [0.717, 1.165) is 20.7 Å². The molecular formula is C16H17BrN2O3S2. The van der Waals surface area contributed by atoms with Crippen molar-refractivity contribution in [2.45, 2.75) is 25.2 Å². The maximum atomic E-state index is 12.0. The Morgan fingerprint density at radius 1 is 1.38 bits per heavy atom. The summed E-state index contributed by atoms with van der Waals surface area (Å²) in [6.45, 7) is 3.78. The van der Waals surface area contributed by atoms with Crippen LogP contribution in [0.4, 0.5) is 5.13 Å². The van der Waals surface area contributed by atoms with E-state index in [2.05, 4.69) is 26.2 Å². The largest absolute Gasteiger partial charge is 0.462 e. The SMILES string of the molecule is CCOC(=O)c1sc(NC(=O)CCSc2ccccc2Br)nc1C. The zero-order chi connectivity index (χ0) is 17.5. The van der Waals surface area contributed by atoms with Crippen LogP contribution in [0.1, 0.15) is 28.7 Å². The fraction of sp³-hybridized carbons (Fsp3) is 0.312. The molecule has 2 aromatic rings. The Balaban J connectivity index is 1.85. The molecule has 0 spiro atoms. The number of benzene rings is 1. The Bertz CT molecular complexity index is 734. The summed E-state index contributed by atoms with van der Waals surface area (Å²) in [5.74, 6) is 0.125. The first-order valence-corrected chi connectivity index (χ1v) is 9.92. The highest BCUT2D eigenvalue weighted by Crippen LogP contribution is 2.28. The van der Waals surface area contributed by atoms with E-state index in [1.165, 1.54) is 0 Å². The average Bonchev–Trinajstić information content (AvgIpc) is 2.90.